The predicted octanol–water partition coefficient (Wildman–Crippen LogP) is 2.61. The summed E-state index contributed by atoms with van der Waals surface area (Å²) < 4.78 is 44.3. The van der Waals surface area contributed by atoms with Gasteiger partial charge in [-0.05, 0) is 38.1 Å². The molecule has 27 heavy (non-hydrogen) atoms. The lowest BCUT2D eigenvalue weighted by molar-refractivity contribution is -0.129. The van der Waals surface area contributed by atoms with Crippen molar-refractivity contribution in [1.29, 1.82) is 0 Å². The maximum Gasteiger partial charge on any atom is 0.268 e. The SMILES string of the molecule is COc1ccc(OC)c(S(=O)(=O)Nc2cccc3c2NC(=O)C(C)(C)O3)c1. The number of sulfonamides is 1. The Labute approximate surface area is 157 Å². The fraction of sp³-hybridized carbons (Fsp3) is 0.278. The van der Waals surface area contributed by atoms with Gasteiger partial charge in [-0.3, -0.25) is 9.52 Å². The minimum absolute atomic E-state index is 0.0923. The summed E-state index contributed by atoms with van der Waals surface area (Å²) in [6, 6.07) is 9.27. The van der Waals surface area contributed by atoms with Gasteiger partial charge in [0.2, 0.25) is 0 Å². The minimum Gasteiger partial charge on any atom is -0.497 e. The van der Waals surface area contributed by atoms with Crippen LogP contribution in [0, 0.1) is 0 Å². The third-order valence-electron chi connectivity index (χ3n) is 4.08. The van der Waals surface area contributed by atoms with E-state index in [0.717, 1.165) is 0 Å². The zero-order valence-corrected chi connectivity index (χ0v) is 16.1. The number of benzene rings is 2. The molecule has 3 rings (SSSR count). The molecule has 0 unspecified atom stereocenters. The lowest BCUT2D eigenvalue weighted by atomic mass is 10.1. The Morgan fingerprint density at radius 2 is 1.85 bits per heavy atom. The van der Waals surface area contributed by atoms with Crippen LogP contribution in [0.2, 0.25) is 0 Å². The molecule has 0 aliphatic carbocycles. The molecule has 0 fully saturated rings. The average molecular weight is 392 g/mol. The molecular formula is C18H20N2O6S. The highest BCUT2D eigenvalue weighted by Crippen LogP contribution is 2.40. The van der Waals surface area contributed by atoms with Gasteiger partial charge < -0.3 is 19.5 Å². The predicted molar refractivity (Wildman–Crippen MR) is 100 cm³/mol. The van der Waals surface area contributed by atoms with Gasteiger partial charge in [0.1, 0.15) is 27.8 Å². The summed E-state index contributed by atoms with van der Waals surface area (Å²) in [5.74, 6) is 0.525. The number of anilines is 2. The van der Waals surface area contributed by atoms with Crippen LogP contribution in [0.15, 0.2) is 41.3 Å². The van der Waals surface area contributed by atoms with Crippen LogP contribution in [0.5, 0.6) is 17.2 Å². The van der Waals surface area contributed by atoms with Gasteiger partial charge in [0.05, 0.1) is 19.9 Å². The first-order valence-electron chi connectivity index (χ1n) is 8.06. The number of carbonyl (C=O) groups excluding carboxylic acids is 1. The number of nitrogens with one attached hydrogen (secondary N) is 2. The molecule has 0 atom stereocenters. The van der Waals surface area contributed by atoms with Gasteiger partial charge in [0.25, 0.3) is 15.9 Å². The van der Waals surface area contributed by atoms with E-state index in [1.807, 2.05) is 0 Å². The maximum atomic E-state index is 12.9. The van der Waals surface area contributed by atoms with Crippen molar-refractivity contribution in [1.82, 2.24) is 0 Å². The second-order valence-corrected chi connectivity index (χ2v) is 8.02. The van der Waals surface area contributed by atoms with Crippen molar-refractivity contribution in [3.05, 3.63) is 36.4 Å². The van der Waals surface area contributed by atoms with Crippen LogP contribution < -0.4 is 24.2 Å². The fourth-order valence-corrected chi connectivity index (χ4v) is 3.87. The Morgan fingerprint density at radius 3 is 2.52 bits per heavy atom. The van der Waals surface area contributed by atoms with Crippen LogP contribution in [0.1, 0.15) is 13.8 Å². The van der Waals surface area contributed by atoms with Crippen molar-refractivity contribution in [3.63, 3.8) is 0 Å². The smallest absolute Gasteiger partial charge is 0.268 e. The second kappa shape index (κ2) is 6.66. The minimum atomic E-state index is -4.03. The van der Waals surface area contributed by atoms with E-state index in [2.05, 4.69) is 10.0 Å². The Balaban J connectivity index is 2.03. The summed E-state index contributed by atoms with van der Waals surface area (Å²) in [6.45, 7) is 3.26. The topological polar surface area (TPSA) is 103 Å². The molecule has 0 radical (unpaired) electrons. The molecule has 2 aromatic carbocycles. The van der Waals surface area contributed by atoms with Gasteiger partial charge in [-0.2, -0.15) is 0 Å². The van der Waals surface area contributed by atoms with Crippen molar-refractivity contribution in [3.8, 4) is 17.2 Å². The van der Waals surface area contributed by atoms with E-state index >= 15 is 0 Å². The second-order valence-electron chi connectivity index (χ2n) is 6.37. The van der Waals surface area contributed by atoms with Gasteiger partial charge in [-0.25, -0.2) is 8.42 Å². The summed E-state index contributed by atoms with van der Waals surface area (Å²) in [5.41, 5.74) is -0.617. The maximum absolute atomic E-state index is 12.9. The van der Waals surface area contributed by atoms with Crippen molar-refractivity contribution >= 4 is 27.3 Å². The van der Waals surface area contributed by atoms with Crippen molar-refractivity contribution < 1.29 is 27.4 Å². The zero-order valence-electron chi connectivity index (χ0n) is 15.3. The molecule has 2 aromatic rings. The average Bonchev–Trinajstić information content (AvgIpc) is 2.62. The third-order valence-corrected chi connectivity index (χ3v) is 5.47. The van der Waals surface area contributed by atoms with E-state index in [1.165, 1.54) is 32.4 Å². The largest absolute Gasteiger partial charge is 0.497 e. The molecule has 0 spiro atoms. The number of hydrogen-bond donors (Lipinski definition) is 2. The Bertz CT molecular complexity index is 1000. The van der Waals surface area contributed by atoms with Crippen molar-refractivity contribution in [2.45, 2.75) is 24.3 Å². The summed E-state index contributed by atoms with van der Waals surface area (Å²) in [4.78, 5) is 12.1. The van der Waals surface area contributed by atoms with E-state index in [9.17, 15) is 13.2 Å². The van der Waals surface area contributed by atoms with Crippen LogP contribution in [0.3, 0.4) is 0 Å². The van der Waals surface area contributed by atoms with Gasteiger partial charge >= 0.3 is 0 Å². The molecule has 1 amide bonds. The number of amides is 1. The fourth-order valence-electron chi connectivity index (χ4n) is 2.61. The van der Waals surface area contributed by atoms with E-state index in [4.69, 9.17) is 14.2 Å². The first-order valence-corrected chi connectivity index (χ1v) is 9.54. The number of fused-ring (bicyclic) bond motifs is 1. The van der Waals surface area contributed by atoms with Crippen LogP contribution in [-0.2, 0) is 14.8 Å². The Kier molecular flexibility index (Phi) is 4.64. The van der Waals surface area contributed by atoms with Crippen LogP contribution in [0.25, 0.3) is 0 Å². The number of rotatable bonds is 5. The highest BCUT2D eigenvalue weighted by molar-refractivity contribution is 7.92. The number of para-hydroxylation sites is 1. The molecule has 0 bridgehead atoms. The molecule has 2 N–H and O–H groups in total. The van der Waals surface area contributed by atoms with Gasteiger partial charge in [0, 0.05) is 6.07 Å². The quantitative estimate of drug-likeness (QED) is 0.811. The number of methoxy groups -OCH3 is 2. The zero-order chi connectivity index (χ0) is 19.8. The lowest BCUT2D eigenvalue weighted by Gasteiger charge is -2.32. The summed E-state index contributed by atoms with van der Waals surface area (Å²) >= 11 is 0. The highest BCUT2D eigenvalue weighted by Gasteiger charge is 2.37. The molecule has 1 heterocycles. The number of ether oxygens (including phenoxy) is 3. The van der Waals surface area contributed by atoms with Gasteiger partial charge in [-0.1, -0.05) is 6.07 Å². The van der Waals surface area contributed by atoms with Crippen molar-refractivity contribution in [2.24, 2.45) is 0 Å². The van der Waals surface area contributed by atoms with Crippen LogP contribution >= 0.6 is 0 Å². The molecule has 0 aromatic heterocycles. The van der Waals surface area contributed by atoms with Crippen molar-refractivity contribution in [2.75, 3.05) is 24.3 Å². The summed E-state index contributed by atoms with van der Waals surface area (Å²) in [7, 11) is -1.22. The van der Waals surface area contributed by atoms with E-state index in [0.29, 0.717) is 11.5 Å². The molecule has 1 aliphatic rings. The van der Waals surface area contributed by atoms with E-state index < -0.39 is 15.6 Å². The van der Waals surface area contributed by atoms with E-state index in [1.54, 1.807) is 32.0 Å². The first-order chi connectivity index (χ1) is 12.7. The molecule has 0 saturated heterocycles. The number of hydrogen-bond acceptors (Lipinski definition) is 6. The third kappa shape index (κ3) is 3.50. The monoisotopic (exact) mass is 392 g/mol. The Hall–Kier alpha value is -2.94. The summed E-state index contributed by atoms with van der Waals surface area (Å²) in [6.07, 6.45) is 0. The molecular weight excluding hydrogens is 372 g/mol. The summed E-state index contributed by atoms with van der Waals surface area (Å²) in [5, 5.41) is 2.70. The van der Waals surface area contributed by atoms with Gasteiger partial charge in [-0.15, -0.1) is 0 Å². The lowest BCUT2D eigenvalue weighted by Crippen LogP contribution is -2.45. The number of carbonyl (C=O) groups is 1. The van der Waals surface area contributed by atoms with Crippen LogP contribution in [0.4, 0.5) is 11.4 Å². The highest BCUT2D eigenvalue weighted by atomic mass is 32.2. The standard InChI is InChI=1S/C18H20N2O6S/c1-18(2)17(21)19-16-12(6-5-7-14(16)26-18)20-27(22,23)15-10-11(24-3)8-9-13(15)25-4/h5-10,20H,1-4H3,(H,19,21). The molecule has 9 heteroatoms. The molecule has 0 saturated carbocycles. The Morgan fingerprint density at radius 1 is 1.11 bits per heavy atom. The van der Waals surface area contributed by atoms with Crippen LogP contribution in [-0.4, -0.2) is 34.1 Å². The normalized spacial score (nSPS) is 15.2. The molecule has 8 nitrogen and oxygen atoms in total. The first kappa shape index (κ1) is 18.8. The van der Waals surface area contributed by atoms with E-state index in [-0.39, 0.29) is 27.9 Å². The molecule has 1 aliphatic heterocycles. The molecule has 144 valence electrons. The van der Waals surface area contributed by atoms with Gasteiger partial charge in [0.15, 0.2) is 5.60 Å².